The average Bonchev–Trinajstić information content (AvgIpc) is 2.95. The van der Waals surface area contributed by atoms with Gasteiger partial charge in [0.1, 0.15) is 5.82 Å². The molecule has 1 N–H and O–H groups in total. The molecule has 0 bridgehead atoms. The summed E-state index contributed by atoms with van der Waals surface area (Å²) in [7, 11) is 0. The summed E-state index contributed by atoms with van der Waals surface area (Å²) >= 11 is 1.75. The van der Waals surface area contributed by atoms with Crippen LogP contribution in [-0.4, -0.2) is 27.8 Å². The summed E-state index contributed by atoms with van der Waals surface area (Å²) in [5, 5.41) is 3.02. The van der Waals surface area contributed by atoms with Crippen LogP contribution in [0.4, 0.5) is 0 Å². The molecule has 134 valence electrons. The lowest BCUT2D eigenvalue weighted by molar-refractivity contribution is 0.0955. The summed E-state index contributed by atoms with van der Waals surface area (Å²) < 4.78 is 2.01. The standard InChI is InChI=1S/C21H23N3OS/c1-15-7-9-18(10-8-15)26-13-12-23-21(25)19-14-16(2)24(17(19)3)20-6-4-5-11-22-20/h4-11,14H,12-13H2,1-3H3,(H,23,25). The smallest absolute Gasteiger partial charge is 0.253 e. The van der Waals surface area contributed by atoms with Crippen molar-refractivity contribution in [3.05, 3.63) is 77.2 Å². The number of benzene rings is 1. The topological polar surface area (TPSA) is 46.9 Å². The van der Waals surface area contributed by atoms with Gasteiger partial charge in [0.2, 0.25) is 0 Å². The van der Waals surface area contributed by atoms with Crippen LogP contribution >= 0.6 is 11.8 Å². The molecule has 26 heavy (non-hydrogen) atoms. The van der Waals surface area contributed by atoms with Crippen molar-refractivity contribution in [1.29, 1.82) is 0 Å². The number of carbonyl (C=O) groups excluding carboxylic acids is 1. The molecule has 5 heteroatoms. The number of amides is 1. The Morgan fingerprint density at radius 1 is 1.12 bits per heavy atom. The maximum absolute atomic E-state index is 12.6. The third-order valence-corrected chi connectivity index (χ3v) is 5.25. The molecule has 0 saturated carbocycles. The largest absolute Gasteiger partial charge is 0.351 e. The Bertz CT molecular complexity index is 886. The van der Waals surface area contributed by atoms with E-state index >= 15 is 0 Å². The number of aromatic nitrogens is 2. The van der Waals surface area contributed by atoms with Gasteiger partial charge in [-0.05, 0) is 51.1 Å². The first kappa shape index (κ1) is 18.3. The molecule has 2 aromatic heterocycles. The van der Waals surface area contributed by atoms with Crippen molar-refractivity contribution in [3.63, 3.8) is 0 Å². The molecule has 0 spiro atoms. The van der Waals surface area contributed by atoms with E-state index in [1.54, 1.807) is 18.0 Å². The monoisotopic (exact) mass is 365 g/mol. The van der Waals surface area contributed by atoms with E-state index in [-0.39, 0.29) is 5.91 Å². The quantitative estimate of drug-likeness (QED) is 0.523. The van der Waals surface area contributed by atoms with Crippen LogP contribution in [0.1, 0.15) is 27.3 Å². The normalized spacial score (nSPS) is 10.7. The number of rotatable bonds is 6. The number of hydrogen-bond acceptors (Lipinski definition) is 3. The van der Waals surface area contributed by atoms with Gasteiger partial charge in [0, 0.05) is 34.8 Å². The minimum absolute atomic E-state index is 0.0372. The molecule has 0 radical (unpaired) electrons. The van der Waals surface area contributed by atoms with E-state index in [4.69, 9.17) is 0 Å². The summed E-state index contributed by atoms with van der Waals surface area (Å²) in [6, 6.07) is 16.1. The van der Waals surface area contributed by atoms with Crippen molar-refractivity contribution in [2.24, 2.45) is 0 Å². The maximum Gasteiger partial charge on any atom is 0.253 e. The van der Waals surface area contributed by atoms with Gasteiger partial charge < -0.3 is 9.88 Å². The van der Waals surface area contributed by atoms with E-state index in [0.29, 0.717) is 12.1 Å². The van der Waals surface area contributed by atoms with E-state index in [0.717, 1.165) is 23.0 Å². The van der Waals surface area contributed by atoms with E-state index in [9.17, 15) is 4.79 Å². The zero-order valence-corrected chi connectivity index (χ0v) is 16.1. The van der Waals surface area contributed by atoms with Gasteiger partial charge in [-0.2, -0.15) is 0 Å². The Kier molecular flexibility index (Phi) is 5.78. The van der Waals surface area contributed by atoms with Gasteiger partial charge >= 0.3 is 0 Å². The highest BCUT2D eigenvalue weighted by Gasteiger charge is 2.16. The lowest BCUT2D eigenvalue weighted by atomic mass is 10.2. The van der Waals surface area contributed by atoms with E-state index in [2.05, 4.69) is 41.5 Å². The van der Waals surface area contributed by atoms with Crippen molar-refractivity contribution in [2.75, 3.05) is 12.3 Å². The van der Waals surface area contributed by atoms with Crippen LogP contribution in [0.5, 0.6) is 0 Å². The molecule has 1 aromatic carbocycles. The van der Waals surface area contributed by atoms with Crippen LogP contribution in [0.15, 0.2) is 59.6 Å². The van der Waals surface area contributed by atoms with E-state index in [1.807, 2.05) is 42.7 Å². The predicted molar refractivity (Wildman–Crippen MR) is 107 cm³/mol. The zero-order chi connectivity index (χ0) is 18.5. The first-order valence-corrected chi connectivity index (χ1v) is 9.63. The molecular formula is C21H23N3OS. The van der Waals surface area contributed by atoms with Crippen molar-refractivity contribution in [2.45, 2.75) is 25.7 Å². The number of nitrogens with zero attached hydrogens (tertiary/aromatic N) is 2. The van der Waals surface area contributed by atoms with Crippen LogP contribution in [0, 0.1) is 20.8 Å². The Labute approximate surface area is 158 Å². The molecule has 4 nitrogen and oxygen atoms in total. The van der Waals surface area contributed by atoms with Gasteiger partial charge in [-0.15, -0.1) is 11.8 Å². The summed E-state index contributed by atoms with van der Waals surface area (Å²) in [4.78, 5) is 18.2. The first-order valence-electron chi connectivity index (χ1n) is 8.64. The van der Waals surface area contributed by atoms with Crippen molar-refractivity contribution in [3.8, 4) is 5.82 Å². The second kappa shape index (κ2) is 8.23. The Morgan fingerprint density at radius 3 is 2.58 bits per heavy atom. The molecule has 3 rings (SSSR count). The Morgan fingerprint density at radius 2 is 1.88 bits per heavy atom. The third-order valence-electron chi connectivity index (χ3n) is 4.23. The molecular weight excluding hydrogens is 342 g/mol. The lowest BCUT2D eigenvalue weighted by Crippen LogP contribution is -2.26. The van der Waals surface area contributed by atoms with E-state index in [1.165, 1.54) is 10.5 Å². The Balaban J connectivity index is 1.61. The van der Waals surface area contributed by atoms with Crippen LogP contribution in [0.3, 0.4) is 0 Å². The van der Waals surface area contributed by atoms with Gasteiger partial charge in [0.25, 0.3) is 5.91 Å². The summed E-state index contributed by atoms with van der Waals surface area (Å²) in [5.41, 5.74) is 3.87. The molecule has 0 fully saturated rings. The fourth-order valence-corrected chi connectivity index (χ4v) is 3.66. The number of pyridine rings is 1. The summed E-state index contributed by atoms with van der Waals surface area (Å²) in [6.07, 6.45) is 1.76. The van der Waals surface area contributed by atoms with Crippen molar-refractivity contribution < 1.29 is 4.79 Å². The van der Waals surface area contributed by atoms with Gasteiger partial charge in [-0.25, -0.2) is 4.98 Å². The molecule has 2 heterocycles. The van der Waals surface area contributed by atoms with Crippen LogP contribution in [-0.2, 0) is 0 Å². The molecule has 0 atom stereocenters. The molecule has 0 aliphatic rings. The number of carbonyl (C=O) groups is 1. The van der Waals surface area contributed by atoms with E-state index < -0.39 is 0 Å². The SMILES string of the molecule is Cc1ccc(SCCNC(=O)c2cc(C)n(-c3ccccn3)c2C)cc1. The minimum Gasteiger partial charge on any atom is -0.351 e. The summed E-state index contributed by atoms with van der Waals surface area (Å²) in [6.45, 7) is 6.66. The molecule has 3 aromatic rings. The molecule has 0 saturated heterocycles. The lowest BCUT2D eigenvalue weighted by Gasteiger charge is -2.09. The van der Waals surface area contributed by atoms with Crippen molar-refractivity contribution >= 4 is 17.7 Å². The fourth-order valence-electron chi connectivity index (χ4n) is 2.89. The minimum atomic E-state index is -0.0372. The zero-order valence-electron chi connectivity index (χ0n) is 15.3. The second-order valence-corrected chi connectivity index (χ2v) is 7.39. The maximum atomic E-state index is 12.6. The van der Waals surface area contributed by atoms with Gasteiger partial charge in [-0.3, -0.25) is 4.79 Å². The fraction of sp³-hybridized carbons (Fsp3) is 0.238. The average molecular weight is 366 g/mol. The van der Waals surface area contributed by atoms with Crippen molar-refractivity contribution in [1.82, 2.24) is 14.9 Å². The predicted octanol–water partition coefficient (Wildman–Crippen LogP) is 4.32. The third kappa shape index (κ3) is 4.17. The highest BCUT2D eigenvalue weighted by atomic mass is 32.2. The van der Waals surface area contributed by atoms with Crippen LogP contribution in [0.2, 0.25) is 0 Å². The highest BCUT2D eigenvalue weighted by molar-refractivity contribution is 7.99. The van der Waals surface area contributed by atoms with Crippen LogP contribution < -0.4 is 5.32 Å². The molecule has 0 unspecified atom stereocenters. The van der Waals surface area contributed by atoms with Gasteiger partial charge in [0.15, 0.2) is 0 Å². The van der Waals surface area contributed by atoms with Gasteiger partial charge in [0.05, 0.1) is 5.56 Å². The van der Waals surface area contributed by atoms with Gasteiger partial charge in [-0.1, -0.05) is 23.8 Å². The number of aryl methyl sites for hydroxylation is 2. The highest BCUT2D eigenvalue weighted by Crippen LogP contribution is 2.20. The Hall–Kier alpha value is -2.53. The first-order chi connectivity index (χ1) is 12.6. The molecule has 0 aliphatic heterocycles. The van der Waals surface area contributed by atoms with Crippen LogP contribution in [0.25, 0.3) is 5.82 Å². The number of thioether (sulfide) groups is 1. The second-order valence-electron chi connectivity index (χ2n) is 6.23. The number of nitrogens with one attached hydrogen (secondary N) is 1. The summed E-state index contributed by atoms with van der Waals surface area (Å²) in [5.74, 6) is 1.63. The molecule has 1 amide bonds. The number of hydrogen-bond donors (Lipinski definition) is 1. The molecule has 0 aliphatic carbocycles.